The summed E-state index contributed by atoms with van der Waals surface area (Å²) in [6.07, 6.45) is 1.45. The van der Waals surface area contributed by atoms with Crippen molar-refractivity contribution < 1.29 is 5.11 Å². The Balaban J connectivity index is 2.01. The van der Waals surface area contributed by atoms with Crippen molar-refractivity contribution in [2.45, 2.75) is 0 Å². The molecule has 144 valence electrons. The van der Waals surface area contributed by atoms with Crippen LogP contribution in [-0.2, 0) is 0 Å². The van der Waals surface area contributed by atoms with Crippen molar-refractivity contribution in [3.8, 4) is 11.6 Å². The number of aromatic hydroxyl groups is 1. The van der Waals surface area contributed by atoms with Gasteiger partial charge < -0.3 is 5.11 Å². The first-order valence-electron chi connectivity index (χ1n) is 8.58. The predicted octanol–water partition coefficient (Wildman–Crippen LogP) is 6.41. The molecule has 0 bridgehead atoms. The number of pyridine rings is 1. The summed E-state index contributed by atoms with van der Waals surface area (Å²) in [5.74, 6) is -0.261. The standard InChI is InChI=1S/C22H13Cl3N2O2/c23-13-5-3-6-14(11-13)27-21(28)16-8-2-1-7-15(16)17(22(27)29)12-26-20-18(24)9-4-10-19(20)25/h1-12,29H. The minimum atomic E-state index is -0.367. The van der Waals surface area contributed by atoms with E-state index in [1.807, 2.05) is 0 Å². The molecule has 1 N–H and O–H groups in total. The number of benzene rings is 3. The highest BCUT2D eigenvalue weighted by atomic mass is 35.5. The molecule has 7 heteroatoms. The van der Waals surface area contributed by atoms with Crippen molar-refractivity contribution >= 4 is 57.5 Å². The van der Waals surface area contributed by atoms with Crippen LogP contribution in [0.4, 0.5) is 5.69 Å². The quantitative estimate of drug-likeness (QED) is 0.372. The summed E-state index contributed by atoms with van der Waals surface area (Å²) in [6, 6.07) is 18.7. The van der Waals surface area contributed by atoms with Gasteiger partial charge in [0.1, 0.15) is 5.69 Å². The Labute approximate surface area is 181 Å². The maximum absolute atomic E-state index is 13.1. The third kappa shape index (κ3) is 3.62. The van der Waals surface area contributed by atoms with Gasteiger partial charge in [0, 0.05) is 22.0 Å². The average Bonchev–Trinajstić information content (AvgIpc) is 2.70. The fraction of sp³-hybridized carbons (Fsp3) is 0. The van der Waals surface area contributed by atoms with E-state index < -0.39 is 0 Å². The Hall–Kier alpha value is -2.79. The number of para-hydroxylation sites is 1. The maximum Gasteiger partial charge on any atom is 0.265 e. The van der Waals surface area contributed by atoms with Crippen molar-refractivity contribution in [1.82, 2.24) is 4.57 Å². The van der Waals surface area contributed by atoms with Crippen LogP contribution < -0.4 is 5.56 Å². The molecule has 0 spiro atoms. The molecule has 4 nitrogen and oxygen atoms in total. The van der Waals surface area contributed by atoms with E-state index in [0.29, 0.717) is 42.8 Å². The predicted molar refractivity (Wildman–Crippen MR) is 120 cm³/mol. The van der Waals surface area contributed by atoms with E-state index >= 15 is 0 Å². The Morgan fingerprint density at radius 2 is 1.52 bits per heavy atom. The molecular weight excluding hydrogens is 431 g/mol. The van der Waals surface area contributed by atoms with Gasteiger partial charge in [-0.15, -0.1) is 0 Å². The van der Waals surface area contributed by atoms with Gasteiger partial charge >= 0.3 is 0 Å². The summed E-state index contributed by atoms with van der Waals surface area (Å²) >= 11 is 18.5. The second-order valence-electron chi connectivity index (χ2n) is 6.23. The smallest absolute Gasteiger partial charge is 0.265 e. The fourth-order valence-electron chi connectivity index (χ4n) is 3.09. The number of nitrogens with zero attached hydrogens (tertiary/aromatic N) is 2. The van der Waals surface area contributed by atoms with Gasteiger partial charge in [-0.3, -0.25) is 9.79 Å². The van der Waals surface area contributed by atoms with Gasteiger partial charge in [0.2, 0.25) is 5.88 Å². The molecule has 0 aliphatic carbocycles. The molecule has 0 atom stereocenters. The lowest BCUT2D eigenvalue weighted by Gasteiger charge is -2.14. The normalized spacial score (nSPS) is 11.4. The molecule has 0 saturated heterocycles. The van der Waals surface area contributed by atoms with Crippen LogP contribution in [0.2, 0.25) is 15.1 Å². The lowest BCUT2D eigenvalue weighted by atomic mass is 10.1. The van der Waals surface area contributed by atoms with Crippen LogP contribution in [0.1, 0.15) is 5.56 Å². The van der Waals surface area contributed by atoms with E-state index in [1.54, 1.807) is 66.7 Å². The molecule has 1 aromatic heterocycles. The summed E-state index contributed by atoms with van der Waals surface area (Å²) in [7, 11) is 0. The minimum absolute atomic E-state index is 0.261. The van der Waals surface area contributed by atoms with Crippen LogP contribution in [0.15, 0.2) is 76.5 Å². The van der Waals surface area contributed by atoms with E-state index in [-0.39, 0.29) is 11.4 Å². The summed E-state index contributed by atoms with van der Waals surface area (Å²) in [5.41, 5.74) is 0.806. The summed E-state index contributed by atoms with van der Waals surface area (Å²) in [4.78, 5) is 17.4. The molecule has 0 aliphatic heterocycles. The number of aliphatic imine (C=N–C) groups is 1. The van der Waals surface area contributed by atoms with E-state index in [1.165, 1.54) is 10.8 Å². The molecule has 4 rings (SSSR count). The largest absolute Gasteiger partial charge is 0.494 e. The van der Waals surface area contributed by atoms with E-state index in [0.717, 1.165) is 0 Å². The number of hydrogen-bond donors (Lipinski definition) is 1. The maximum atomic E-state index is 13.1. The molecule has 0 radical (unpaired) electrons. The fourth-order valence-corrected chi connectivity index (χ4v) is 3.77. The molecule has 0 saturated carbocycles. The monoisotopic (exact) mass is 442 g/mol. The number of halogens is 3. The van der Waals surface area contributed by atoms with Gasteiger partial charge in [-0.2, -0.15) is 0 Å². The zero-order valence-corrected chi connectivity index (χ0v) is 17.1. The average molecular weight is 444 g/mol. The van der Waals surface area contributed by atoms with E-state index in [9.17, 15) is 9.90 Å². The Morgan fingerprint density at radius 3 is 2.21 bits per heavy atom. The second kappa shape index (κ2) is 7.91. The molecule has 4 aromatic rings. The minimum Gasteiger partial charge on any atom is -0.494 e. The van der Waals surface area contributed by atoms with Gasteiger partial charge in [-0.05, 0) is 36.4 Å². The van der Waals surface area contributed by atoms with Gasteiger partial charge in [-0.25, -0.2) is 4.57 Å². The molecule has 3 aromatic carbocycles. The van der Waals surface area contributed by atoms with Gasteiger partial charge in [0.25, 0.3) is 5.56 Å². The highest BCUT2D eigenvalue weighted by molar-refractivity contribution is 6.38. The van der Waals surface area contributed by atoms with Crippen molar-refractivity contribution in [1.29, 1.82) is 0 Å². The van der Waals surface area contributed by atoms with Crippen LogP contribution in [-0.4, -0.2) is 15.9 Å². The molecular formula is C22H13Cl3N2O2. The van der Waals surface area contributed by atoms with Gasteiger partial charge in [0.05, 0.1) is 21.3 Å². The number of aromatic nitrogens is 1. The topological polar surface area (TPSA) is 54.6 Å². The SMILES string of the molecule is O=c1c2ccccc2c(C=Nc2c(Cl)cccc2Cl)c(O)n1-c1cccc(Cl)c1. The third-order valence-electron chi connectivity index (χ3n) is 4.43. The van der Waals surface area contributed by atoms with Crippen molar-refractivity contribution in [2.75, 3.05) is 0 Å². The molecule has 0 aliphatic rings. The number of fused-ring (bicyclic) bond motifs is 1. The second-order valence-corrected chi connectivity index (χ2v) is 7.48. The first-order chi connectivity index (χ1) is 14.0. The van der Waals surface area contributed by atoms with Crippen LogP contribution in [0, 0.1) is 0 Å². The van der Waals surface area contributed by atoms with E-state index in [4.69, 9.17) is 34.8 Å². The molecule has 29 heavy (non-hydrogen) atoms. The van der Waals surface area contributed by atoms with Crippen LogP contribution in [0.3, 0.4) is 0 Å². The lowest BCUT2D eigenvalue weighted by Crippen LogP contribution is -2.20. The zero-order chi connectivity index (χ0) is 20.5. The Bertz CT molecular complexity index is 1310. The molecule has 0 amide bonds. The Morgan fingerprint density at radius 1 is 0.862 bits per heavy atom. The number of rotatable bonds is 3. The van der Waals surface area contributed by atoms with Gasteiger partial charge in [0.15, 0.2) is 0 Å². The Kier molecular flexibility index (Phi) is 5.33. The van der Waals surface area contributed by atoms with Crippen LogP contribution >= 0.6 is 34.8 Å². The third-order valence-corrected chi connectivity index (χ3v) is 5.28. The molecule has 0 fully saturated rings. The van der Waals surface area contributed by atoms with Crippen molar-refractivity contribution in [2.24, 2.45) is 4.99 Å². The van der Waals surface area contributed by atoms with Gasteiger partial charge in [-0.1, -0.05) is 65.1 Å². The summed E-state index contributed by atoms with van der Waals surface area (Å²) in [6.45, 7) is 0. The highest BCUT2D eigenvalue weighted by Gasteiger charge is 2.16. The summed E-state index contributed by atoms with van der Waals surface area (Å²) < 4.78 is 1.20. The molecule has 1 heterocycles. The zero-order valence-electron chi connectivity index (χ0n) is 14.8. The molecule has 0 unspecified atom stereocenters. The highest BCUT2D eigenvalue weighted by Crippen LogP contribution is 2.33. The van der Waals surface area contributed by atoms with E-state index in [2.05, 4.69) is 4.99 Å². The van der Waals surface area contributed by atoms with Crippen LogP contribution in [0.25, 0.3) is 16.5 Å². The van der Waals surface area contributed by atoms with Crippen LogP contribution in [0.5, 0.6) is 5.88 Å². The van der Waals surface area contributed by atoms with Crippen molar-refractivity contribution in [3.05, 3.63) is 97.7 Å². The first-order valence-corrected chi connectivity index (χ1v) is 9.71. The lowest BCUT2D eigenvalue weighted by molar-refractivity contribution is 0.436. The number of hydrogen-bond acceptors (Lipinski definition) is 3. The summed E-state index contributed by atoms with van der Waals surface area (Å²) in [5, 5.41) is 13.2. The van der Waals surface area contributed by atoms with Crippen molar-refractivity contribution in [3.63, 3.8) is 0 Å². The first kappa shape index (κ1) is 19.5.